The van der Waals surface area contributed by atoms with E-state index >= 15 is 0 Å². The first kappa shape index (κ1) is 14.7. The number of sulfonamides is 1. The number of anilines is 1. The zero-order chi connectivity index (χ0) is 14.9. The van der Waals surface area contributed by atoms with Gasteiger partial charge < -0.3 is 5.73 Å². The van der Waals surface area contributed by atoms with Crippen LogP contribution in [0.5, 0.6) is 0 Å². The van der Waals surface area contributed by atoms with Crippen molar-refractivity contribution in [2.75, 3.05) is 18.0 Å². The van der Waals surface area contributed by atoms with Crippen molar-refractivity contribution < 1.29 is 8.42 Å². The fourth-order valence-electron chi connectivity index (χ4n) is 2.61. The summed E-state index contributed by atoms with van der Waals surface area (Å²) in [5, 5.41) is 1.83. The summed E-state index contributed by atoms with van der Waals surface area (Å²) in [6, 6.07) is 10.6. The molecular formula is C15H18N2O2S2. The van der Waals surface area contributed by atoms with Crippen LogP contribution in [-0.4, -0.2) is 26.0 Å². The Labute approximate surface area is 129 Å². The van der Waals surface area contributed by atoms with Crippen LogP contribution in [0.4, 0.5) is 5.69 Å². The molecule has 3 N–H and O–H groups in total. The minimum Gasteiger partial charge on any atom is -0.398 e. The SMILES string of the molecule is Nc1ccc(S(=O)(=O)NCC2CCCS2)c2ccccc12. The Hall–Kier alpha value is -1.24. The van der Waals surface area contributed by atoms with Gasteiger partial charge in [-0.15, -0.1) is 0 Å². The van der Waals surface area contributed by atoms with E-state index in [0.717, 1.165) is 17.6 Å². The maximum absolute atomic E-state index is 12.6. The van der Waals surface area contributed by atoms with E-state index in [0.29, 0.717) is 27.8 Å². The molecule has 2 aromatic carbocycles. The highest BCUT2D eigenvalue weighted by Crippen LogP contribution is 2.29. The Bertz CT molecular complexity index is 753. The van der Waals surface area contributed by atoms with Crippen molar-refractivity contribution in [2.24, 2.45) is 0 Å². The van der Waals surface area contributed by atoms with E-state index in [4.69, 9.17) is 5.73 Å². The second kappa shape index (κ2) is 5.87. The number of thioether (sulfide) groups is 1. The number of hydrogen-bond acceptors (Lipinski definition) is 4. The van der Waals surface area contributed by atoms with Crippen molar-refractivity contribution in [3.05, 3.63) is 36.4 Å². The minimum absolute atomic E-state index is 0.301. The van der Waals surface area contributed by atoms with Gasteiger partial charge in [0.1, 0.15) is 0 Å². The summed E-state index contributed by atoms with van der Waals surface area (Å²) in [4.78, 5) is 0.301. The van der Waals surface area contributed by atoms with Crippen LogP contribution in [0.15, 0.2) is 41.3 Å². The van der Waals surface area contributed by atoms with Crippen LogP contribution in [0, 0.1) is 0 Å². The number of nitrogens with one attached hydrogen (secondary N) is 1. The van der Waals surface area contributed by atoms with Crippen LogP contribution < -0.4 is 10.5 Å². The summed E-state index contributed by atoms with van der Waals surface area (Å²) in [7, 11) is -3.51. The molecule has 0 spiro atoms. The van der Waals surface area contributed by atoms with Gasteiger partial charge in [-0.25, -0.2) is 13.1 Å². The minimum atomic E-state index is -3.51. The number of benzene rings is 2. The summed E-state index contributed by atoms with van der Waals surface area (Å²) in [6.45, 7) is 0.492. The van der Waals surface area contributed by atoms with E-state index in [1.54, 1.807) is 18.2 Å². The topological polar surface area (TPSA) is 72.2 Å². The molecule has 1 fully saturated rings. The fourth-order valence-corrected chi connectivity index (χ4v) is 5.21. The first-order chi connectivity index (χ1) is 10.1. The normalized spacial score (nSPS) is 19.1. The predicted octanol–water partition coefficient (Wildman–Crippen LogP) is 2.60. The second-order valence-corrected chi connectivity index (χ2v) is 8.33. The first-order valence-electron chi connectivity index (χ1n) is 6.96. The van der Waals surface area contributed by atoms with Crippen LogP contribution in [0.2, 0.25) is 0 Å². The molecule has 1 aliphatic rings. The highest BCUT2D eigenvalue weighted by molar-refractivity contribution is 8.00. The summed E-state index contributed by atoms with van der Waals surface area (Å²) in [5.41, 5.74) is 6.52. The molecule has 0 aliphatic carbocycles. The van der Waals surface area contributed by atoms with Crippen molar-refractivity contribution in [1.29, 1.82) is 0 Å². The summed E-state index contributed by atoms with van der Waals surface area (Å²) in [6.07, 6.45) is 2.25. The third-order valence-corrected chi connectivity index (χ3v) is 6.61. The molecule has 1 heterocycles. The Kier molecular flexibility index (Phi) is 4.10. The van der Waals surface area contributed by atoms with Gasteiger partial charge in [-0.05, 0) is 30.7 Å². The van der Waals surface area contributed by atoms with E-state index in [1.165, 1.54) is 6.42 Å². The molecule has 0 amide bonds. The quantitative estimate of drug-likeness (QED) is 0.849. The third-order valence-electron chi connectivity index (χ3n) is 3.73. The van der Waals surface area contributed by atoms with E-state index < -0.39 is 10.0 Å². The maximum Gasteiger partial charge on any atom is 0.241 e. The van der Waals surface area contributed by atoms with Gasteiger partial charge in [0.05, 0.1) is 4.90 Å². The summed E-state index contributed by atoms with van der Waals surface area (Å²) < 4.78 is 27.8. The molecule has 21 heavy (non-hydrogen) atoms. The van der Waals surface area contributed by atoms with E-state index in [2.05, 4.69) is 4.72 Å². The van der Waals surface area contributed by atoms with Gasteiger partial charge in [0.25, 0.3) is 0 Å². The average Bonchev–Trinajstić information content (AvgIpc) is 2.99. The van der Waals surface area contributed by atoms with Crippen LogP contribution in [0.1, 0.15) is 12.8 Å². The van der Waals surface area contributed by atoms with Crippen molar-refractivity contribution in [3.63, 3.8) is 0 Å². The van der Waals surface area contributed by atoms with Crippen LogP contribution >= 0.6 is 11.8 Å². The molecular weight excluding hydrogens is 304 g/mol. The lowest BCUT2D eigenvalue weighted by atomic mass is 10.1. The highest BCUT2D eigenvalue weighted by atomic mass is 32.2. The van der Waals surface area contributed by atoms with E-state index in [9.17, 15) is 8.42 Å². The molecule has 4 nitrogen and oxygen atoms in total. The molecule has 0 aromatic heterocycles. The number of nitrogen functional groups attached to an aromatic ring is 1. The van der Waals surface area contributed by atoms with Gasteiger partial charge >= 0.3 is 0 Å². The van der Waals surface area contributed by atoms with Crippen molar-refractivity contribution in [3.8, 4) is 0 Å². The summed E-state index contributed by atoms with van der Waals surface area (Å²) >= 11 is 1.84. The van der Waals surface area contributed by atoms with Crippen molar-refractivity contribution in [1.82, 2.24) is 4.72 Å². The lowest BCUT2D eigenvalue weighted by molar-refractivity contribution is 0.580. The molecule has 3 rings (SSSR count). The van der Waals surface area contributed by atoms with Crippen molar-refractivity contribution in [2.45, 2.75) is 23.0 Å². The van der Waals surface area contributed by atoms with E-state index in [1.807, 2.05) is 30.0 Å². The Morgan fingerprint density at radius 2 is 1.95 bits per heavy atom. The molecule has 2 aromatic rings. The third kappa shape index (κ3) is 3.02. The molecule has 1 unspecified atom stereocenters. The average molecular weight is 322 g/mol. The molecule has 0 bridgehead atoms. The second-order valence-electron chi connectivity index (χ2n) is 5.19. The maximum atomic E-state index is 12.6. The van der Waals surface area contributed by atoms with Crippen LogP contribution in [0.25, 0.3) is 10.8 Å². The smallest absolute Gasteiger partial charge is 0.241 e. The lowest BCUT2D eigenvalue weighted by Crippen LogP contribution is -2.30. The molecule has 112 valence electrons. The Morgan fingerprint density at radius 3 is 2.67 bits per heavy atom. The number of rotatable bonds is 4. The molecule has 1 atom stereocenters. The van der Waals surface area contributed by atoms with Gasteiger partial charge in [-0.1, -0.05) is 24.3 Å². The Balaban J connectivity index is 1.93. The molecule has 0 radical (unpaired) electrons. The zero-order valence-electron chi connectivity index (χ0n) is 11.6. The first-order valence-corrected chi connectivity index (χ1v) is 9.49. The van der Waals surface area contributed by atoms with Gasteiger partial charge in [0.15, 0.2) is 0 Å². The Morgan fingerprint density at radius 1 is 1.19 bits per heavy atom. The summed E-state index contributed by atoms with van der Waals surface area (Å²) in [5.74, 6) is 1.12. The van der Waals surface area contributed by atoms with Crippen LogP contribution in [0.3, 0.4) is 0 Å². The fraction of sp³-hybridized carbons (Fsp3) is 0.333. The highest BCUT2D eigenvalue weighted by Gasteiger charge is 2.21. The van der Waals surface area contributed by atoms with Gasteiger partial charge in [-0.3, -0.25) is 0 Å². The predicted molar refractivity (Wildman–Crippen MR) is 89.0 cm³/mol. The standard InChI is InChI=1S/C15H18N2O2S2/c16-14-7-8-15(13-6-2-1-5-12(13)14)21(18,19)17-10-11-4-3-9-20-11/h1-2,5-8,11,17H,3-4,9-10,16H2. The van der Waals surface area contributed by atoms with Crippen molar-refractivity contribution >= 4 is 38.2 Å². The lowest BCUT2D eigenvalue weighted by Gasteiger charge is -2.13. The molecule has 1 aliphatic heterocycles. The van der Waals surface area contributed by atoms with Crippen LogP contribution in [-0.2, 0) is 10.0 Å². The number of fused-ring (bicyclic) bond motifs is 1. The van der Waals surface area contributed by atoms with Gasteiger partial charge in [-0.2, -0.15) is 11.8 Å². The van der Waals surface area contributed by atoms with Gasteiger partial charge in [0.2, 0.25) is 10.0 Å². The molecule has 6 heteroatoms. The number of nitrogens with two attached hydrogens (primary N) is 1. The monoisotopic (exact) mass is 322 g/mol. The largest absolute Gasteiger partial charge is 0.398 e. The van der Waals surface area contributed by atoms with E-state index in [-0.39, 0.29) is 0 Å². The molecule has 0 saturated carbocycles. The zero-order valence-corrected chi connectivity index (χ0v) is 13.2. The molecule has 1 saturated heterocycles. The number of hydrogen-bond donors (Lipinski definition) is 2. The van der Waals surface area contributed by atoms with Gasteiger partial charge in [0, 0.05) is 28.3 Å².